The fourth-order valence-electron chi connectivity index (χ4n) is 0.812. The number of carboxylic acids is 1. The van der Waals surface area contributed by atoms with Crippen molar-refractivity contribution < 1.29 is 15.0 Å². The molecule has 0 aliphatic rings. The van der Waals surface area contributed by atoms with Crippen LogP contribution in [0.15, 0.2) is 24.4 Å². The van der Waals surface area contributed by atoms with Crippen LogP contribution in [0.3, 0.4) is 0 Å². The van der Waals surface area contributed by atoms with Crippen LogP contribution in [0.2, 0.25) is 0 Å². The van der Waals surface area contributed by atoms with Crippen molar-refractivity contribution in [2.45, 2.75) is 6.04 Å². The number of anilines is 1. The van der Waals surface area contributed by atoms with Crippen molar-refractivity contribution >= 4 is 11.8 Å². The maximum Gasteiger partial charge on any atom is 0.328 e. The molecule has 70 valence electrons. The van der Waals surface area contributed by atoms with Crippen molar-refractivity contribution in [3.05, 3.63) is 24.4 Å². The molecule has 0 spiro atoms. The number of aliphatic hydroxyl groups is 1. The summed E-state index contributed by atoms with van der Waals surface area (Å²) >= 11 is 0. The van der Waals surface area contributed by atoms with Gasteiger partial charge in [-0.1, -0.05) is 6.07 Å². The van der Waals surface area contributed by atoms with Gasteiger partial charge in [-0.15, -0.1) is 0 Å². The number of hydrogen-bond donors (Lipinski definition) is 3. The Labute approximate surface area is 75.0 Å². The number of nitrogens with zero attached hydrogens (tertiary/aromatic N) is 1. The van der Waals surface area contributed by atoms with E-state index in [0.29, 0.717) is 5.82 Å². The second-order valence-electron chi connectivity index (χ2n) is 2.43. The molecule has 0 amide bonds. The zero-order valence-electron chi connectivity index (χ0n) is 6.84. The lowest BCUT2D eigenvalue weighted by Crippen LogP contribution is -2.32. The van der Waals surface area contributed by atoms with Crippen LogP contribution in [0.25, 0.3) is 0 Å². The Morgan fingerprint density at radius 2 is 2.38 bits per heavy atom. The number of aliphatic carboxylic acids is 1. The van der Waals surface area contributed by atoms with E-state index in [9.17, 15) is 4.79 Å². The zero-order valence-corrected chi connectivity index (χ0v) is 6.84. The number of carbonyl (C=O) groups is 1. The first kappa shape index (κ1) is 9.47. The van der Waals surface area contributed by atoms with Gasteiger partial charge in [0, 0.05) is 6.20 Å². The Morgan fingerprint density at radius 3 is 2.85 bits per heavy atom. The number of aromatic nitrogens is 1. The van der Waals surface area contributed by atoms with Crippen LogP contribution in [0.5, 0.6) is 0 Å². The van der Waals surface area contributed by atoms with Gasteiger partial charge in [0.1, 0.15) is 11.9 Å². The third-order valence-electron chi connectivity index (χ3n) is 1.47. The first-order chi connectivity index (χ1) is 6.24. The standard InChI is InChI=1S/C8H10N2O3/c11-5-6(8(12)13)10-7-3-1-2-4-9-7/h1-4,6,11H,5H2,(H,9,10)(H,12,13). The van der Waals surface area contributed by atoms with E-state index in [1.165, 1.54) is 0 Å². The van der Waals surface area contributed by atoms with Gasteiger partial charge in [-0.25, -0.2) is 9.78 Å². The molecule has 1 unspecified atom stereocenters. The molecule has 0 aliphatic carbocycles. The van der Waals surface area contributed by atoms with Crippen molar-refractivity contribution in [3.63, 3.8) is 0 Å². The highest BCUT2D eigenvalue weighted by Gasteiger charge is 2.15. The average Bonchev–Trinajstić information content (AvgIpc) is 2.15. The molecule has 0 saturated carbocycles. The molecule has 1 aromatic heterocycles. The van der Waals surface area contributed by atoms with Crippen molar-refractivity contribution in [2.24, 2.45) is 0 Å². The molecule has 5 heteroatoms. The Kier molecular flexibility index (Phi) is 3.22. The minimum atomic E-state index is -1.10. The summed E-state index contributed by atoms with van der Waals surface area (Å²) in [6.07, 6.45) is 1.54. The van der Waals surface area contributed by atoms with Gasteiger partial charge >= 0.3 is 5.97 Å². The molecular weight excluding hydrogens is 172 g/mol. The summed E-state index contributed by atoms with van der Waals surface area (Å²) in [5.41, 5.74) is 0. The summed E-state index contributed by atoms with van der Waals surface area (Å²) in [4.78, 5) is 14.3. The Balaban J connectivity index is 2.62. The third-order valence-corrected chi connectivity index (χ3v) is 1.47. The lowest BCUT2D eigenvalue weighted by Gasteiger charge is -2.11. The zero-order chi connectivity index (χ0) is 9.68. The molecule has 0 aliphatic heterocycles. The van der Waals surface area contributed by atoms with Gasteiger partial charge in [0.25, 0.3) is 0 Å². The highest BCUT2D eigenvalue weighted by Crippen LogP contribution is 2.02. The monoisotopic (exact) mass is 182 g/mol. The van der Waals surface area contributed by atoms with Crippen LogP contribution in [0, 0.1) is 0 Å². The maximum absolute atomic E-state index is 10.5. The summed E-state index contributed by atoms with van der Waals surface area (Å²) < 4.78 is 0. The van der Waals surface area contributed by atoms with Crippen molar-refractivity contribution in [1.82, 2.24) is 4.98 Å². The number of rotatable bonds is 4. The molecule has 5 nitrogen and oxygen atoms in total. The molecule has 0 bridgehead atoms. The largest absolute Gasteiger partial charge is 0.480 e. The molecule has 1 atom stereocenters. The second-order valence-corrected chi connectivity index (χ2v) is 2.43. The Hall–Kier alpha value is -1.62. The molecule has 0 aromatic carbocycles. The van der Waals surface area contributed by atoms with E-state index in [-0.39, 0.29) is 0 Å². The first-order valence-electron chi connectivity index (χ1n) is 3.75. The summed E-state index contributed by atoms with van der Waals surface area (Å²) in [5, 5.41) is 19.8. The van der Waals surface area contributed by atoms with Crippen LogP contribution in [0.4, 0.5) is 5.82 Å². The van der Waals surface area contributed by atoms with Crippen molar-refractivity contribution in [2.75, 3.05) is 11.9 Å². The lowest BCUT2D eigenvalue weighted by molar-refractivity contribution is -0.138. The molecule has 0 fully saturated rings. The highest BCUT2D eigenvalue weighted by atomic mass is 16.4. The van der Waals surface area contributed by atoms with Crippen LogP contribution in [0.1, 0.15) is 0 Å². The Morgan fingerprint density at radius 1 is 1.62 bits per heavy atom. The molecule has 13 heavy (non-hydrogen) atoms. The van der Waals surface area contributed by atoms with E-state index >= 15 is 0 Å². The van der Waals surface area contributed by atoms with Crippen LogP contribution >= 0.6 is 0 Å². The van der Waals surface area contributed by atoms with E-state index in [2.05, 4.69) is 10.3 Å². The van der Waals surface area contributed by atoms with Crippen LogP contribution in [-0.4, -0.2) is 33.8 Å². The summed E-state index contributed by atoms with van der Waals surface area (Å²) in [6.45, 7) is -0.466. The van der Waals surface area contributed by atoms with E-state index in [1.54, 1.807) is 24.4 Å². The van der Waals surface area contributed by atoms with Crippen molar-refractivity contribution in [3.8, 4) is 0 Å². The first-order valence-corrected chi connectivity index (χ1v) is 3.75. The molecule has 1 rings (SSSR count). The van der Waals surface area contributed by atoms with Gasteiger partial charge in [-0.2, -0.15) is 0 Å². The molecule has 1 aromatic rings. The summed E-state index contributed by atoms with van der Waals surface area (Å²) in [5.74, 6) is -0.669. The fraction of sp³-hybridized carbons (Fsp3) is 0.250. The van der Waals surface area contributed by atoms with E-state index in [1.807, 2.05) is 0 Å². The van der Waals surface area contributed by atoms with Crippen molar-refractivity contribution in [1.29, 1.82) is 0 Å². The minimum absolute atomic E-state index is 0.434. The summed E-state index contributed by atoms with van der Waals surface area (Å²) in [6, 6.07) is 4.08. The summed E-state index contributed by atoms with van der Waals surface area (Å²) in [7, 11) is 0. The molecule has 1 heterocycles. The van der Waals surface area contributed by atoms with E-state index in [0.717, 1.165) is 0 Å². The van der Waals surface area contributed by atoms with Crippen LogP contribution in [-0.2, 0) is 4.79 Å². The van der Waals surface area contributed by atoms with Gasteiger partial charge in [0.15, 0.2) is 0 Å². The molecule has 0 radical (unpaired) electrons. The van der Waals surface area contributed by atoms with Gasteiger partial charge in [-0.3, -0.25) is 0 Å². The Bertz CT molecular complexity index is 276. The van der Waals surface area contributed by atoms with Gasteiger partial charge < -0.3 is 15.5 Å². The fourth-order valence-corrected chi connectivity index (χ4v) is 0.812. The predicted octanol–water partition coefficient (Wildman–Crippen LogP) is -0.0610. The predicted molar refractivity (Wildman–Crippen MR) is 46.4 cm³/mol. The van der Waals surface area contributed by atoms with Crippen LogP contribution < -0.4 is 5.32 Å². The normalized spacial score (nSPS) is 12.1. The SMILES string of the molecule is O=C(O)C(CO)Nc1ccccn1. The number of aliphatic hydroxyl groups excluding tert-OH is 1. The highest BCUT2D eigenvalue weighted by molar-refractivity contribution is 5.76. The topological polar surface area (TPSA) is 82.5 Å². The smallest absolute Gasteiger partial charge is 0.328 e. The third kappa shape index (κ3) is 2.72. The van der Waals surface area contributed by atoms with E-state index < -0.39 is 18.6 Å². The number of pyridine rings is 1. The quantitative estimate of drug-likeness (QED) is 0.607. The molecule has 0 saturated heterocycles. The number of hydrogen-bond acceptors (Lipinski definition) is 4. The minimum Gasteiger partial charge on any atom is -0.480 e. The maximum atomic E-state index is 10.5. The number of nitrogens with one attached hydrogen (secondary N) is 1. The van der Waals surface area contributed by atoms with Gasteiger partial charge in [0.05, 0.1) is 6.61 Å². The number of carboxylic acid groups (broad SMARTS) is 1. The molecule has 3 N–H and O–H groups in total. The van der Waals surface area contributed by atoms with E-state index in [4.69, 9.17) is 10.2 Å². The molecular formula is C8H10N2O3. The lowest BCUT2D eigenvalue weighted by atomic mass is 10.3. The second kappa shape index (κ2) is 4.42. The van der Waals surface area contributed by atoms with Gasteiger partial charge in [-0.05, 0) is 12.1 Å². The van der Waals surface area contributed by atoms with Gasteiger partial charge in [0.2, 0.25) is 0 Å². The average molecular weight is 182 g/mol.